The van der Waals surface area contributed by atoms with Gasteiger partial charge in [0, 0.05) is 24.0 Å². The van der Waals surface area contributed by atoms with E-state index in [0.29, 0.717) is 24.3 Å². The number of aromatic nitrogens is 2. The highest BCUT2D eigenvalue weighted by molar-refractivity contribution is 7.19. The van der Waals surface area contributed by atoms with Crippen molar-refractivity contribution >= 4 is 27.4 Å². The molecule has 3 heterocycles. The number of benzene rings is 1. The zero-order chi connectivity index (χ0) is 20.0. The molecule has 5 rings (SSSR count). The maximum absolute atomic E-state index is 11.4. The lowest BCUT2D eigenvalue weighted by Gasteiger charge is -2.39. The van der Waals surface area contributed by atoms with E-state index in [4.69, 9.17) is 9.47 Å². The fourth-order valence-corrected chi connectivity index (χ4v) is 5.83. The van der Waals surface area contributed by atoms with Gasteiger partial charge in [-0.1, -0.05) is 0 Å². The van der Waals surface area contributed by atoms with Crippen molar-refractivity contribution in [2.24, 2.45) is 0 Å². The second-order valence-corrected chi connectivity index (χ2v) is 8.94. The highest BCUT2D eigenvalue weighted by Crippen LogP contribution is 2.42. The van der Waals surface area contributed by atoms with Crippen molar-refractivity contribution in [3.63, 3.8) is 0 Å². The van der Waals surface area contributed by atoms with Gasteiger partial charge in [0.1, 0.15) is 28.5 Å². The molecule has 0 unspecified atom stereocenters. The first-order valence-electron chi connectivity index (χ1n) is 10.1. The number of ether oxygens (including phenoxy) is 2. The maximum atomic E-state index is 11.4. The predicted molar refractivity (Wildman–Crippen MR) is 114 cm³/mol. The Balaban J connectivity index is 1.43. The fourth-order valence-electron chi connectivity index (χ4n) is 4.60. The lowest BCUT2D eigenvalue weighted by atomic mass is 9.84. The molecular formula is C22H25N3O3S. The number of aryl methyl sites for hydroxylation is 2. The predicted octanol–water partition coefficient (Wildman–Crippen LogP) is 3.69. The zero-order valence-electron chi connectivity index (χ0n) is 16.8. The van der Waals surface area contributed by atoms with Gasteiger partial charge in [0.15, 0.2) is 0 Å². The van der Waals surface area contributed by atoms with E-state index < -0.39 is 5.60 Å². The highest BCUT2D eigenvalue weighted by atomic mass is 32.1. The van der Waals surface area contributed by atoms with Crippen molar-refractivity contribution < 1.29 is 14.6 Å². The molecular weight excluding hydrogens is 386 g/mol. The molecule has 0 radical (unpaired) electrons. The van der Waals surface area contributed by atoms with Crippen LogP contribution < -0.4 is 14.4 Å². The Bertz CT molecular complexity index is 1030. The molecule has 0 amide bonds. The van der Waals surface area contributed by atoms with Gasteiger partial charge in [-0.15, -0.1) is 11.3 Å². The van der Waals surface area contributed by atoms with Crippen LogP contribution in [0.4, 0.5) is 5.82 Å². The minimum absolute atomic E-state index is 0.626. The molecule has 29 heavy (non-hydrogen) atoms. The van der Waals surface area contributed by atoms with Gasteiger partial charge < -0.3 is 19.5 Å². The van der Waals surface area contributed by atoms with Crippen LogP contribution in [-0.2, 0) is 18.4 Å². The lowest BCUT2D eigenvalue weighted by Crippen LogP contribution is -2.43. The summed E-state index contributed by atoms with van der Waals surface area (Å²) in [5.41, 5.74) is 1.39. The first-order chi connectivity index (χ1) is 14.1. The zero-order valence-corrected chi connectivity index (χ0v) is 17.6. The summed E-state index contributed by atoms with van der Waals surface area (Å²) in [6, 6.07) is 5.65. The van der Waals surface area contributed by atoms with Gasteiger partial charge in [-0.3, -0.25) is 0 Å². The van der Waals surface area contributed by atoms with E-state index >= 15 is 0 Å². The number of fused-ring (bicyclic) bond motifs is 3. The molecule has 0 atom stereocenters. The van der Waals surface area contributed by atoms with Gasteiger partial charge >= 0.3 is 0 Å². The Hall–Kier alpha value is -2.38. The van der Waals surface area contributed by atoms with Crippen LogP contribution in [0.3, 0.4) is 0 Å². The third-order valence-electron chi connectivity index (χ3n) is 6.26. The Morgan fingerprint density at radius 1 is 1.03 bits per heavy atom. The first-order valence-corrected chi connectivity index (χ1v) is 10.9. The van der Waals surface area contributed by atoms with Crippen LogP contribution in [0.1, 0.15) is 35.3 Å². The molecule has 3 aromatic rings. The van der Waals surface area contributed by atoms with E-state index in [9.17, 15) is 5.11 Å². The monoisotopic (exact) mass is 411 g/mol. The van der Waals surface area contributed by atoms with Crippen molar-refractivity contribution in [1.29, 1.82) is 0 Å². The second-order valence-electron chi connectivity index (χ2n) is 7.85. The van der Waals surface area contributed by atoms with Crippen LogP contribution in [-0.4, -0.2) is 42.4 Å². The number of rotatable bonds is 4. The van der Waals surface area contributed by atoms with Crippen LogP contribution in [0, 0.1) is 0 Å². The van der Waals surface area contributed by atoms with Crippen molar-refractivity contribution in [2.45, 2.75) is 37.7 Å². The van der Waals surface area contributed by atoms with Crippen LogP contribution in [0.25, 0.3) is 10.2 Å². The Kier molecular flexibility index (Phi) is 4.59. The minimum Gasteiger partial charge on any atom is -0.497 e. The Morgan fingerprint density at radius 2 is 1.76 bits per heavy atom. The quantitative estimate of drug-likeness (QED) is 0.706. The summed E-state index contributed by atoms with van der Waals surface area (Å²) in [4.78, 5) is 14.0. The van der Waals surface area contributed by atoms with Crippen LogP contribution in [0.5, 0.6) is 11.5 Å². The number of hydrogen-bond donors (Lipinski definition) is 1. The molecule has 0 bridgehead atoms. The topological polar surface area (TPSA) is 67.7 Å². The smallest absolute Gasteiger partial charge is 0.141 e. The van der Waals surface area contributed by atoms with E-state index in [0.717, 1.165) is 42.1 Å². The van der Waals surface area contributed by atoms with Gasteiger partial charge in [0.05, 0.1) is 25.2 Å². The van der Waals surface area contributed by atoms with Crippen molar-refractivity contribution in [3.05, 3.63) is 40.5 Å². The lowest BCUT2D eigenvalue weighted by molar-refractivity contribution is 0.0113. The van der Waals surface area contributed by atoms with Gasteiger partial charge in [0.25, 0.3) is 0 Å². The molecule has 2 aromatic heterocycles. The van der Waals surface area contributed by atoms with Crippen molar-refractivity contribution in [1.82, 2.24) is 9.97 Å². The minimum atomic E-state index is -0.902. The van der Waals surface area contributed by atoms with Crippen molar-refractivity contribution in [2.75, 3.05) is 32.2 Å². The third kappa shape index (κ3) is 3.13. The molecule has 1 aliphatic carbocycles. The molecule has 7 heteroatoms. The third-order valence-corrected chi connectivity index (χ3v) is 7.46. The van der Waals surface area contributed by atoms with Crippen LogP contribution in [0.2, 0.25) is 0 Å². The molecule has 1 saturated heterocycles. The normalized spacial score (nSPS) is 18.1. The molecule has 1 fully saturated rings. The molecule has 2 aliphatic rings. The molecule has 0 saturated carbocycles. The van der Waals surface area contributed by atoms with Crippen LogP contribution >= 0.6 is 11.3 Å². The van der Waals surface area contributed by atoms with E-state index in [1.54, 1.807) is 20.5 Å². The van der Waals surface area contributed by atoms with Gasteiger partial charge in [-0.05, 0) is 55.4 Å². The fraction of sp³-hybridized carbons (Fsp3) is 0.455. The molecule has 1 N–H and O–H groups in total. The average Bonchev–Trinajstić information content (AvgIpc) is 3.35. The standard InChI is InChI=1S/C22H25N3O3S/c1-27-15-10-14(11-16(12-15)28-2)22(26)6-8-25(9-7-22)20-19-17-4-3-5-18(17)29-21(19)24-13-23-20/h10-13,26H,3-9H2,1-2H3. The molecule has 152 valence electrons. The van der Waals surface area contributed by atoms with E-state index in [1.165, 1.54) is 22.2 Å². The average molecular weight is 412 g/mol. The largest absolute Gasteiger partial charge is 0.497 e. The number of anilines is 1. The SMILES string of the molecule is COc1cc(OC)cc(C2(O)CCN(c3ncnc4sc5c(c34)CCC5)CC2)c1. The molecule has 1 aromatic carbocycles. The summed E-state index contributed by atoms with van der Waals surface area (Å²) in [6.07, 6.45) is 6.44. The number of nitrogens with zero attached hydrogens (tertiary/aromatic N) is 3. The van der Waals surface area contributed by atoms with E-state index in [1.807, 2.05) is 29.5 Å². The maximum Gasteiger partial charge on any atom is 0.141 e. The summed E-state index contributed by atoms with van der Waals surface area (Å²) in [5.74, 6) is 2.42. The number of hydrogen-bond acceptors (Lipinski definition) is 7. The summed E-state index contributed by atoms with van der Waals surface area (Å²) >= 11 is 1.81. The molecule has 1 aliphatic heterocycles. The molecule has 0 spiro atoms. The van der Waals surface area contributed by atoms with Crippen molar-refractivity contribution in [3.8, 4) is 11.5 Å². The van der Waals surface area contributed by atoms with E-state index in [2.05, 4.69) is 14.9 Å². The highest BCUT2D eigenvalue weighted by Gasteiger charge is 2.36. The summed E-state index contributed by atoms with van der Waals surface area (Å²) in [7, 11) is 3.26. The summed E-state index contributed by atoms with van der Waals surface area (Å²) < 4.78 is 10.8. The second kappa shape index (κ2) is 7.15. The Labute approximate surface area is 174 Å². The van der Waals surface area contributed by atoms with E-state index in [-0.39, 0.29) is 0 Å². The molecule has 6 nitrogen and oxygen atoms in total. The summed E-state index contributed by atoms with van der Waals surface area (Å²) in [5, 5.41) is 12.6. The number of aliphatic hydroxyl groups is 1. The van der Waals surface area contributed by atoms with Gasteiger partial charge in [0.2, 0.25) is 0 Å². The van der Waals surface area contributed by atoms with Crippen LogP contribution in [0.15, 0.2) is 24.5 Å². The Morgan fingerprint density at radius 3 is 2.45 bits per heavy atom. The number of piperidine rings is 1. The number of methoxy groups -OCH3 is 2. The van der Waals surface area contributed by atoms with Gasteiger partial charge in [-0.25, -0.2) is 9.97 Å². The first kappa shape index (κ1) is 18.6. The number of thiophene rings is 1. The summed E-state index contributed by atoms with van der Waals surface area (Å²) in [6.45, 7) is 1.49. The van der Waals surface area contributed by atoms with Gasteiger partial charge in [-0.2, -0.15) is 0 Å².